The molecule has 3 N–H and O–H groups in total. The number of piperidine rings is 1. The van der Waals surface area contributed by atoms with Crippen LogP contribution in [0, 0.1) is 12.8 Å². The Labute approximate surface area is 158 Å². The molecule has 1 aromatic carbocycles. The molecule has 138 valence electrons. The number of nitrogens with one attached hydrogen (secondary N) is 3. The molecule has 2 atom stereocenters. The number of carbonyl (C=O) groups excluding carboxylic acids is 1. The van der Waals surface area contributed by atoms with Crippen molar-refractivity contribution in [2.45, 2.75) is 52.6 Å². The molecule has 1 amide bonds. The van der Waals surface area contributed by atoms with Gasteiger partial charge in [0.2, 0.25) is 0 Å². The van der Waals surface area contributed by atoms with E-state index in [1.807, 2.05) is 25.1 Å². The van der Waals surface area contributed by atoms with Gasteiger partial charge in [-0.05, 0) is 56.8 Å². The Morgan fingerprint density at radius 1 is 1.25 bits per heavy atom. The number of hydrogen-bond donors (Lipinski definition) is 3. The first-order valence-corrected chi connectivity index (χ1v) is 8.36. The SMILES string of the molecule is Cc1c(NC(C)C(C)C)cccc1C(=O)NC1CCCNC1.Cl.Cl. The lowest BCUT2D eigenvalue weighted by Gasteiger charge is -2.25. The summed E-state index contributed by atoms with van der Waals surface area (Å²) in [5, 5.41) is 10.00. The van der Waals surface area contributed by atoms with Crippen molar-refractivity contribution in [2.24, 2.45) is 5.92 Å². The second kappa shape index (κ2) is 10.8. The van der Waals surface area contributed by atoms with Crippen LogP contribution in [0.3, 0.4) is 0 Å². The highest BCUT2D eigenvalue weighted by Gasteiger charge is 2.19. The highest BCUT2D eigenvalue weighted by atomic mass is 35.5. The normalized spacial score (nSPS) is 18.1. The van der Waals surface area contributed by atoms with Gasteiger partial charge in [-0.3, -0.25) is 4.79 Å². The van der Waals surface area contributed by atoms with Crippen LogP contribution < -0.4 is 16.0 Å². The fraction of sp³-hybridized carbons (Fsp3) is 0.611. The summed E-state index contributed by atoms with van der Waals surface area (Å²) in [5.41, 5.74) is 2.85. The smallest absolute Gasteiger partial charge is 0.251 e. The molecule has 1 fully saturated rings. The number of halogens is 2. The second-order valence-corrected chi connectivity index (χ2v) is 6.67. The third-order valence-electron chi connectivity index (χ3n) is 4.59. The van der Waals surface area contributed by atoms with E-state index in [4.69, 9.17) is 0 Å². The fourth-order valence-electron chi connectivity index (χ4n) is 2.69. The van der Waals surface area contributed by atoms with Crippen molar-refractivity contribution in [2.75, 3.05) is 18.4 Å². The van der Waals surface area contributed by atoms with E-state index in [0.717, 1.165) is 42.7 Å². The minimum Gasteiger partial charge on any atom is -0.382 e. The van der Waals surface area contributed by atoms with E-state index in [1.165, 1.54) is 0 Å². The van der Waals surface area contributed by atoms with E-state index in [-0.39, 0.29) is 36.8 Å². The third kappa shape index (κ3) is 6.15. The monoisotopic (exact) mass is 375 g/mol. The first kappa shape index (κ1) is 23.0. The lowest BCUT2D eigenvalue weighted by molar-refractivity contribution is 0.0930. The molecule has 0 spiro atoms. The Bertz CT molecular complexity index is 517. The van der Waals surface area contributed by atoms with Gasteiger partial charge in [0.05, 0.1) is 0 Å². The number of anilines is 1. The summed E-state index contributed by atoms with van der Waals surface area (Å²) in [4.78, 5) is 12.5. The molecular weight excluding hydrogens is 345 g/mol. The van der Waals surface area contributed by atoms with Crippen LogP contribution >= 0.6 is 24.8 Å². The average molecular weight is 376 g/mol. The lowest BCUT2D eigenvalue weighted by atomic mass is 10.0. The van der Waals surface area contributed by atoms with Crippen molar-refractivity contribution in [1.29, 1.82) is 0 Å². The molecule has 0 saturated carbocycles. The van der Waals surface area contributed by atoms with Gasteiger partial charge in [0, 0.05) is 29.9 Å². The molecule has 0 aromatic heterocycles. The molecule has 1 aromatic rings. The Kier molecular flexibility index (Phi) is 10.4. The van der Waals surface area contributed by atoms with Gasteiger partial charge in [0.1, 0.15) is 0 Å². The predicted octanol–water partition coefficient (Wildman–Crippen LogP) is 3.78. The molecule has 4 nitrogen and oxygen atoms in total. The zero-order valence-corrected chi connectivity index (χ0v) is 16.7. The molecule has 0 radical (unpaired) electrons. The largest absolute Gasteiger partial charge is 0.382 e. The lowest BCUT2D eigenvalue weighted by Crippen LogP contribution is -2.45. The quantitative estimate of drug-likeness (QED) is 0.733. The topological polar surface area (TPSA) is 53.2 Å². The van der Waals surface area contributed by atoms with Crippen molar-refractivity contribution >= 4 is 36.4 Å². The minimum absolute atomic E-state index is 0. The third-order valence-corrected chi connectivity index (χ3v) is 4.59. The van der Waals surface area contributed by atoms with E-state index in [0.29, 0.717) is 12.0 Å². The van der Waals surface area contributed by atoms with Crippen LogP contribution in [-0.4, -0.2) is 31.1 Å². The zero-order valence-electron chi connectivity index (χ0n) is 15.0. The molecule has 1 aliphatic heterocycles. The summed E-state index contributed by atoms with van der Waals surface area (Å²) in [6.45, 7) is 10.5. The highest BCUT2D eigenvalue weighted by Crippen LogP contribution is 2.21. The standard InChI is InChI=1S/C18H29N3O.2ClH/c1-12(2)14(4)20-17-9-5-8-16(13(17)3)18(22)21-15-7-6-10-19-11-15;;/h5,8-9,12,14-15,19-20H,6-7,10-11H2,1-4H3,(H,21,22);2*1H. The Morgan fingerprint density at radius 3 is 2.54 bits per heavy atom. The molecule has 1 aliphatic rings. The van der Waals surface area contributed by atoms with Gasteiger partial charge in [0.15, 0.2) is 0 Å². The van der Waals surface area contributed by atoms with E-state index in [2.05, 4.69) is 36.7 Å². The molecular formula is C18H31Cl2N3O. The van der Waals surface area contributed by atoms with Crippen molar-refractivity contribution < 1.29 is 4.79 Å². The van der Waals surface area contributed by atoms with E-state index < -0.39 is 0 Å². The van der Waals surface area contributed by atoms with Gasteiger partial charge >= 0.3 is 0 Å². The number of benzene rings is 1. The summed E-state index contributed by atoms with van der Waals surface area (Å²) >= 11 is 0. The van der Waals surface area contributed by atoms with Gasteiger partial charge < -0.3 is 16.0 Å². The maximum absolute atomic E-state index is 12.5. The van der Waals surface area contributed by atoms with E-state index >= 15 is 0 Å². The van der Waals surface area contributed by atoms with Crippen molar-refractivity contribution in [1.82, 2.24) is 10.6 Å². The zero-order chi connectivity index (χ0) is 16.1. The number of hydrogen-bond acceptors (Lipinski definition) is 3. The molecule has 2 unspecified atom stereocenters. The maximum atomic E-state index is 12.5. The Hall–Kier alpha value is -0.970. The van der Waals surface area contributed by atoms with Crippen LogP contribution in [0.5, 0.6) is 0 Å². The number of carbonyl (C=O) groups is 1. The summed E-state index contributed by atoms with van der Waals surface area (Å²) in [6, 6.07) is 6.53. The van der Waals surface area contributed by atoms with Crippen LogP contribution in [0.2, 0.25) is 0 Å². The number of amides is 1. The maximum Gasteiger partial charge on any atom is 0.251 e. The molecule has 1 saturated heterocycles. The summed E-state index contributed by atoms with van der Waals surface area (Å²) in [6.07, 6.45) is 2.18. The summed E-state index contributed by atoms with van der Waals surface area (Å²) in [7, 11) is 0. The summed E-state index contributed by atoms with van der Waals surface area (Å²) in [5.74, 6) is 0.581. The van der Waals surface area contributed by atoms with Gasteiger partial charge in [-0.1, -0.05) is 19.9 Å². The minimum atomic E-state index is 0. The molecule has 1 heterocycles. The van der Waals surface area contributed by atoms with Gasteiger partial charge in [-0.15, -0.1) is 24.8 Å². The van der Waals surface area contributed by atoms with E-state index in [9.17, 15) is 4.79 Å². The van der Waals surface area contributed by atoms with Crippen molar-refractivity contribution in [3.63, 3.8) is 0 Å². The predicted molar refractivity (Wildman–Crippen MR) is 107 cm³/mol. The Morgan fingerprint density at radius 2 is 1.96 bits per heavy atom. The molecule has 0 bridgehead atoms. The highest BCUT2D eigenvalue weighted by molar-refractivity contribution is 5.97. The first-order valence-electron chi connectivity index (χ1n) is 8.36. The first-order chi connectivity index (χ1) is 10.5. The van der Waals surface area contributed by atoms with Crippen LogP contribution in [0.4, 0.5) is 5.69 Å². The number of rotatable bonds is 5. The van der Waals surface area contributed by atoms with Crippen LogP contribution in [0.15, 0.2) is 18.2 Å². The Balaban J connectivity index is 0.00000264. The van der Waals surface area contributed by atoms with E-state index in [1.54, 1.807) is 0 Å². The summed E-state index contributed by atoms with van der Waals surface area (Å²) < 4.78 is 0. The van der Waals surface area contributed by atoms with Gasteiger partial charge in [0.25, 0.3) is 5.91 Å². The van der Waals surface area contributed by atoms with Crippen molar-refractivity contribution in [3.05, 3.63) is 29.3 Å². The van der Waals surface area contributed by atoms with Crippen LogP contribution in [-0.2, 0) is 0 Å². The average Bonchev–Trinajstić information content (AvgIpc) is 2.50. The van der Waals surface area contributed by atoms with Crippen LogP contribution in [0.25, 0.3) is 0 Å². The second-order valence-electron chi connectivity index (χ2n) is 6.67. The van der Waals surface area contributed by atoms with Gasteiger partial charge in [-0.2, -0.15) is 0 Å². The fourth-order valence-corrected chi connectivity index (χ4v) is 2.69. The molecule has 0 aliphatic carbocycles. The van der Waals surface area contributed by atoms with Crippen LogP contribution in [0.1, 0.15) is 49.5 Å². The molecule has 24 heavy (non-hydrogen) atoms. The molecule has 6 heteroatoms. The molecule has 2 rings (SSSR count). The van der Waals surface area contributed by atoms with Crippen molar-refractivity contribution in [3.8, 4) is 0 Å². The van der Waals surface area contributed by atoms with Gasteiger partial charge in [-0.25, -0.2) is 0 Å².